The van der Waals surface area contributed by atoms with Crippen molar-refractivity contribution in [3.05, 3.63) is 16.9 Å². The fourth-order valence-corrected chi connectivity index (χ4v) is 1.63. The number of carbonyl (C=O) groups excluding carboxylic acids is 1. The Kier molecular flexibility index (Phi) is 4.10. The van der Waals surface area contributed by atoms with Crippen molar-refractivity contribution in [1.29, 1.82) is 0 Å². The summed E-state index contributed by atoms with van der Waals surface area (Å²) < 4.78 is 1.63. The van der Waals surface area contributed by atoms with Gasteiger partial charge in [-0.25, -0.2) is 0 Å². The molecule has 0 bridgehead atoms. The summed E-state index contributed by atoms with van der Waals surface area (Å²) in [6.45, 7) is 6.29. The monoisotopic (exact) mass is 243 g/mol. The highest BCUT2D eigenvalue weighted by molar-refractivity contribution is 6.34. The first kappa shape index (κ1) is 13.2. The van der Waals surface area contributed by atoms with Crippen molar-refractivity contribution in [3.63, 3.8) is 0 Å². The quantitative estimate of drug-likeness (QED) is 0.807. The van der Waals surface area contributed by atoms with Crippen LogP contribution in [0.3, 0.4) is 0 Å². The number of aryl methyl sites for hydroxylation is 1. The van der Waals surface area contributed by atoms with Gasteiger partial charge in [0.2, 0.25) is 5.78 Å². The van der Waals surface area contributed by atoms with Gasteiger partial charge in [0.1, 0.15) is 5.69 Å². The number of rotatable bonds is 5. The smallest absolute Gasteiger partial charge is 0.201 e. The van der Waals surface area contributed by atoms with E-state index in [0.29, 0.717) is 23.7 Å². The van der Waals surface area contributed by atoms with Crippen LogP contribution < -0.4 is 5.73 Å². The van der Waals surface area contributed by atoms with E-state index in [9.17, 15) is 4.79 Å². The third-order valence-corrected chi connectivity index (χ3v) is 2.98. The Morgan fingerprint density at radius 3 is 2.75 bits per heavy atom. The summed E-state index contributed by atoms with van der Waals surface area (Å²) in [7, 11) is 0. The maximum absolute atomic E-state index is 12.2. The SMILES string of the molecule is CCCn1ncc(Cl)c1C(=O)C(C)(N)CC. The number of hydrogen-bond acceptors (Lipinski definition) is 3. The van der Waals surface area contributed by atoms with Crippen LogP contribution in [0.4, 0.5) is 0 Å². The first-order valence-electron chi connectivity index (χ1n) is 5.49. The fraction of sp³-hybridized carbons (Fsp3) is 0.636. The van der Waals surface area contributed by atoms with Gasteiger partial charge < -0.3 is 5.73 Å². The third-order valence-electron chi connectivity index (χ3n) is 2.70. The standard InChI is InChI=1S/C11H18ClN3O/c1-4-6-15-9(8(12)7-14-15)10(16)11(3,13)5-2/h7H,4-6,13H2,1-3H3. The van der Waals surface area contributed by atoms with Gasteiger partial charge in [-0.05, 0) is 19.8 Å². The zero-order chi connectivity index (χ0) is 12.3. The lowest BCUT2D eigenvalue weighted by Gasteiger charge is -2.21. The number of carbonyl (C=O) groups is 1. The molecule has 1 aromatic heterocycles. The van der Waals surface area contributed by atoms with E-state index >= 15 is 0 Å². The molecular weight excluding hydrogens is 226 g/mol. The maximum Gasteiger partial charge on any atom is 0.201 e. The Morgan fingerprint density at radius 1 is 1.62 bits per heavy atom. The minimum atomic E-state index is -0.880. The zero-order valence-electron chi connectivity index (χ0n) is 9.96. The third kappa shape index (κ3) is 2.44. The molecule has 1 heterocycles. The normalized spacial score (nSPS) is 14.8. The van der Waals surface area contributed by atoms with E-state index in [4.69, 9.17) is 17.3 Å². The molecule has 16 heavy (non-hydrogen) atoms. The second kappa shape index (κ2) is 4.97. The molecule has 0 spiro atoms. The van der Waals surface area contributed by atoms with E-state index in [-0.39, 0.29) is 5.78 Å². The Bertz CT molecular complexity index is 385. The fourth-order valence-electron chi connectivity index (χ4n) is 1.40. The molecule has 1 rings (SSSR count). The predicted molar refractivity (Wildman–Crippen MR) is 64.7 cm³/mol. The lowest BCUT2D eigenvalue weighted by molar-refractivity contribution is 0.0886. The molecule has 0 aliphatic rings. The molecule has 90 valence electrons. The molecule has 1 aromatic rings. The molecule has 0 aliphatic heterocycles. The van der Waals surface area contributed by atoms with Crippen LogP contribution in [-0.2, 0) is 6.54 Å². The van der Waals surface area contributed by atoms with E-state index in [0.717, 1.165) is 6.42 Å². The summed E-state index contributed by atoms with van der Waals surface area (Å²) >= 11 is 5.98. The molecule has 0 saturated carbocycles. The first-order valence-corrected chi connectivity index (χ1v) is 5.86. The van der Waals surface area contributed by atoms with Gasteiger partial charge in [0, 0.05) is 6.54 Å². The van der Waals surface area contributed by atoms with Crippen LogP contribution in [0.2, 0.25) is 5.02 Å². The minimum Gasteiger partial charge on any atom is -0.319 e. The molecule has 4 nitrogen and oxygen atoms in total. The number of ketones is 1. The Balaban J connectivity index is 3.12. The zero-order valence-corrected chi connectivity index (χ0v) is 10.7. The highest BCUT2D eigenvalue weighted by Crippen LogP contribution is 2.21. The van der Waals surface area contributed by atoms with Gasteiger partial charge in [0.25, 0.3) is 0 Å². The van der Waals surface area contributed by atoms with Crippen molar-refractivity contribution in [2.45, 2.75) is 45.7 Å². The number of Topliss-reactive ketones (excluding diaryl/α,β-unsaturated/α-hetero) is 1. The van der Waals surface area contributed by atoms with Gasteiger partial charge in [-0.15, -0.1) is 0 Å². The molecule has 1 unspecified atom stereocenters. The number of halogens is 1. The van der Waals surface area contributed by atoms with Crippen LogP contribution in [0, 0.1) is 0 Å². The van der Waals surface area contributed by atoms with Crippen LogP contribution in [0.25, 0.3) is 0 Å². The van der Waals surface area contributed by atoms with E-state index in [1.807, 2.05) is 13.8 Å². The van der Waals surface area contributed by atoms with Crippen LogP contribution in [0.1, 0.15) is 44.1 Å². The molecule has 0 radical (unpaired) electrons. The molecule has 5 heteroatoms. The molecule has 2 N–H and O–H groups in total. The van der Waals surface area contributed by atoms with Gasteiger partial charge in [0.15, 0.2) is 0 Å². The summed E-state index contributed by atoms with van der Waals surface area (Å²) in [4.78, 5) is 12.2. The highest BCUT2D eigenvalue weighted by atomic mass is 35.5. The minimum absolute atomic E-state index is 0.147. The van der Waals surface area contributed by atoms with Gasteiger partial charge in [0.05, 0.1) is 16.8 Å². The second-order valence-electron chi connectivity index (χ2n) is 4.16. The average Bonchev–Trinajstić information content (AvgIpc) is 2.59. The lowest BCUT2D eigenvalue weighted by Crippen LogP contribution is -2.45. The molecule has 0 fully saturated rings. The summed E-state index contributed by atoms with van der Waals surface area (Å²) in [5.74, 6) is -0.147. The van der Waals surface area contributed by atoms with E-state index in [1.165, 1.54) is 6.20 Å². The summed E-state index contributed by atoms with van der Waals surface area (Å²) in [6, 6.07) is 0. The summed E-state index contributed by atoms with van der Waals surface area (Å²) in [5.41, 5.74) is 5.48. The Hall–Kier alpha value is -0.870. The highest BCUT2D eigenvalue weighted by Gasteiger charge is 2.31. The van der Waals surface area contributed by atoms with Crippen molar-refractivity contribution in [3.8, 4) is 0 Å². The number of nitrogens with two attached hydrogens (primary N) is 1. The molecule has 0 amide bonds. The molecule has 0 saturated heterocycles. The summed E-state index contributed by atoms with van der Waals surface area (Å²) in [6.07, 6.45) is 2.96. The van der Waals surface area contributed by atoms with E-state index < -0.39 is 5.54 Å². The van der Waals surface area contributed by atoms with Crippen LogP contribution in [0.5, 0.6) is 0 Å². The van der Waals surface area contributed by atoms with Gasteiger partial charge in [-0.1, -0.05) is 25.4 Å². The molecule has 0 aromatic carbocycles. The second-order valence-corrected chi connectivity index (χ2v) is 4.57. The number of nitrogens with zero attached hydrogens (tertiary/aromatic N) is 2. The van der Waals surface area contributed by atoms with E-state index in [1.54, 1.807) is 11.6 Å². The van der Waals surface area contributed by atoms with Crippen molar-refractivity contribution < 1.29 is 4.79 Å². The Labute approximate surface area is 101 Å². The van der Waals surface area contributed by atoms with Crippen molar-refractivity contribution in [2.24, 2.45) is 5.73 Å². The maximum atomic E-state index is 12.2. The van der Waals surface area contributed by atoms with Crippen molar-refractivity contribution >= 4 is 17.4 Å². The molecular formula is C11H18ClN3O. The lowest BCUT2D eigenvalue weighted by atomic mass is 9.92. The summed E-state index contributed by atoms with van der Waals surface area (Å²) in [5, 5.41) is 4.46. The van der Waals surface area contributed by atoms with Gasteiger partial charge in [-0.3, -0.25) is 9.48 Å². The van der Waals surface area contributed by atoms with Crippen LogP contribution in [0.15, 0.2) is 6.20 Å². The topological polar surface area (TPSA) is 60.9 Å². The first-order chi connectivity index (χ1) is 7.44. The average molecular weight is 244 g/mol. The molecule has 0 aliphatic carbocycles. The molecule has 1 atom stereocenters. The number of hydrogen-bond donors (Lipinski definition) is 1. The van der Waals surface area contributed by atoms with Crippen LogP contribution >= 0.6 is 11.6 Å². The van der Waals surface area contributed by atoms with Crippen molar-refractivity contribution in [1.82, 2.24) is 9.78 Å². The number of aromatic nitrogens is 2. The van der Waals surface area contributed by atoms with Crippen molar-refractivity contribution in [2.75, 3.05) is 0 Å². The largest absolute Gasteiger partial charge is 0.319 e. The van der Waals surface area contributed by atoms with Crippen LogP contribution in [-0.4, -0.2) is 21.1 Å². The van der Waals surface area contributed by atoms with Gasteiger partial charge >= 0.3 is 0 Å². The van der Waals surface area contributed by atoms with Gasteiger partial charge in [-0.2, -0.15) is 5.10 Å². The predicted octanol–water partition coefficient (Wildman–Crippen LogP) is 2.26. The van der Waals surface area contributed by atoms with E-state index in [2.05, 4.69) is 5.10 Å². The Morgan fingerprint density at radius 2 is 2.25 bits per heavy atom.